The van der Waals surface area contributed by atoms with E-state index in [-0.39, 0.29) is 35.4 Å². The lowest BCUT2D eigenvalue weighted by molar-refractivity contribution is -0.139. The molecule has 0 bridgehead atoms. The Morgan fingerprint density at radius 2 is 1.79 bits per heavy atom. The third-order valence-electron chi connectivity index (χ3n) is 6.32. The molecule has 2 saturated heterocycles. The normalized spacial score (nSPS) is 21.9. The van der Waals surface area contributed by atoms with Gasteiger partial charge in [-0.25, -0.2) is 8.42 Å². The Bertz CT molecular complexity index is 1110. The van der Waals surface area contributed by atoms with Gasteiger partial charge in [-0.2, -0.15) is 4.31 Å². The fourth-order valence-corrected chi connectivity index (χ4v) is 6.84. The van der Waals surface area contributed by atoms with Gasteiger partial charge >= 0.3 is 0 Å². The summed E-state index contributed by atoms with van der Waals surface area (Å²) in [5, 5.41) is 0.443. The summed E-state index contributed by atoms with van der Waals surface area (Å²) in [6, 6.07) is 13.7. The van der Waals surface area contributed by atoms with Gasteiger partial charge in [-0.3, -0.25) is 4.79 Å². The van der Waals surface area contributed by atoms with Crippen molar-refractivity contribution in [2.75, 3.05) is 46.0 Å². The van der Waals surface area contributed by atoms with Crippen molar-refractivity contribution < 1.29 is 22.7 Å². The Kier molecular flexibility index (Phi) is 8.05. The lowest BCUT2D eigenvalue weighted by Gasteiger charge is -2.42. The number of rotatable bonds is 7. The van der Waals surface area contributed by atoms with E-state index in [2.05, 4.69) is 0 Å². The van der Waals surface area contributed by atoms with Gasteiger partial charge in [0.2, 0.25) is 15.9 Å². The molecule has 7 nitrogen and oxygen atoms in total. The van der Waals surface area contributed by atoms with Crippen molar-refractivity contribution in [3.8, 4) is 5.75 Å². The van der Waals surface area contributed by atoms with Crippen LogP contribution in [0.5, 0.6) is 5.75 Å². The highest BCUT2D eigenvalue weighted by molar-refractivity contribution is 7.89. The van der Waals surface area contributed by atoms with E-state index in [1.165, 1.54) is 22.5 Å². The molecule has 0 saturated carbocycles. The second-order valence-electron chi connectivity index (χ2n) is 8.79. The van der Waals surface area contributed by atoms with Crippen molar-refractivity contribution in [2.45, 2.75) is 24.2 Å². The number of hydrogen-bond donors (Lipinski definition) is 0. The van der Waals surface area contributed by atoms with E-state index in [4.69, 9.17) is 32.7 Å². The molecule has 2 fully saturated rings. The fraction of sp³-hybridized carbons (Fsp3) is 0.458. The van der Waals surface area contributed by atoms with Gasteiger partial charge in [0, 0.05) is 43.0 Å². The van der Waals surface area contributed by atoms with Crippen LogP contribution in [0.2, 0.25) is 10.0 Å². The second-order valence-corrected chi connectivity index (χ2v) is 11.5. The number of morpholine rings is 1. The van der Waals surface area contributed by atoms with Gasteiger partial charge in [0.05, 0.1) is 24.8 Å². The summed E-state index contributed by atoms with van der Waals surface area (Å²) in [5.41, 5.74) is -0.671. The van der Waals surface area contributed by atoms with E-state index < -0.39 is 15.4 Å². The molecular formula is C24H28Cl2N2O5S. The van der Waals surface area contributed by atoms with Crippen LogP contribution in [0.15, 0.2) is 53.4 Å². The number of carbonyl (C=O) groups is 1. The van der Waals surface area contributed by atoms with Gasteiger partial charge in [-0.1, -0.05) is 41.4 Å². The van der Waals surface area contributed by atoms with Crippen molar-refractivity contribution in [1.29, 1.82) is 0 Å². The van der Waals surface area contributed by atoms with E-state index in [1.54, 1.807) is 4.90 Å². The third-order valence-corrected chi connectivity index (χ3v) is 8.88. The van der Waals surface area contributed by atoms with Crippen molar-refractivity contribution in [2.24, 2.45) is 5.41 Å². The summed E-state index contributed by atoms with van der Waals surface area (Å²) in [5.74, 6) is 0.671. The monoisotopic (exact) mass is 526 g/mol. The maximum Gasteiger partial charge on any atom is 0.244 e. The number of hydrogen-bond acceptors (Lipinski definition) is 5. The van der Waals surface area contributed by atoms with Crippen LogP contribution in [0.1, 0.15) is 19.3 Å². The van der Waals surface area contributed by atoms with Gasteiger partial charge in [-0.05, 0) is 43.2 Å². The van der Waals surface area contributed by atoms with Crippen molar-refractivity contribution >= 4 is 39.1 Å². The van der Waals surface area contributed by atoms with Gasteiger partial charge in [0.1, 0.15) is 10.6 Å². The maximum absolute atomic E-state index is 13.5. The summed E-state index contributed by atoms with van der Waals surface area (Å²) in [6.45, 7) is 2.84. The first kappa shape index (κ1) is 25.3. The van der Waals surface area contributed by atoms with Crippen LogP contribution in [0, 0.1) is 5.41 Å². The van der Waals surface area contributed by atoms with Gasteiger partial charge in [-0.15, -0.1) is 0 Å². The Labute approximate surface area is 210 Å². The number of nitrogens with zero attached hydrogens (tertiary/aromatic N) is 2. The largest absolute Gasteiger partial charge is 0.493 e. The fourth-order valence-electron chi connectivity index (χ4n) is 4.50. The van der Waals surface area contributed by atoms with Crippen LogP contribution in [0.3, 0.4) is 0 Å². The second kappa shape index (κ2) is 10.8. The minimum absolute atomic E-state index is 0.0104. The van der Waals surface area contributed by atoms with E-state index in [1.807, 2.05) is 30.3 Å². The number of piperidine rings is 1. The minimum atomic E-state index is -3.88. The van der Waals surface area contributed by atoms with Crippen LogP contribution in [0.25, 0.3) is 0 Å². The molecule has 0 N–H and O–H groups in total. The Hall–Kier alpha value is -1.84. The molecule has 0 spiro atoms. The quantitative estimate of drug-likeness (QED) is 0.542. The molecular weight excluding hydrogens is 499 g/mol. The first-order valence-electron chi connectivity index (χ1n) is 11.3. The number of benzene rings is 2. The topological polar surface area (TPSA) is 76.2 Å². The number of para-hydroxylation sites is 1. The van der Waals surface area contributed by atoms with Crippen LogP contribution in [0.4, 0.5) is 0 Å². The minimum Gasteiger partial charge on any atom is -0.493 e. The molecule has 0 aliphatic carbocycles. The molecule has 34 heavy (non-hydrogen) atoms. The highest BCUT2D eigenvalue weighted by atomic mass is 35.5. The summed E-state index contributed by atoms with van der Waals surface area (Å²) < 4.78 is 39.9. The number of carbonyl (C=O) groups excluding carboxylic acids is 1. The molecule has 2 aliphatic rings. The average Bonchev–Trinajstić information content (AvgIpc) is 2.84. The summed E-state index contributed by atoms with van der Waals surface area (Å²) in [4.78, 5) is 15.0. The van der Waals surface area contributed by atoms with E-state index in [9.17, 15) is 13.2 Å². The molecule has 0 unspecified atom stereocenters. The standard InChI is InChI=1S/C24H28Cl2N2O5S/c25-19-7-8-22(21(26)15-19)34(30,31)28-10-4-9-24(17-28,18-33-20-5-2-1-3-6-20)16-23(29)27-11-13-32-14-12-27/h1-3,5-8,15H,4,9-14,16-18H2/t24-/m0/s1. The van der Waals surface area contributed by atoms with Gasteiger partial charge in [0.25, 0.3) is 0 Å². The molecule has 2 aliphatic heterocycles. The lowest BCUT2D eigenvalue weighted by Crippen LogP contribution is -2.51. The SMILES string of the molecule is O=C(C[C@@]1(COc2ccccc2)CCCN(S(=O)(=O)c2ccc(Cl)cc2Cl)C1)N1CCOCC1. The van der Waals surface area contributed by atoms with E-state index in [0.29, 0.717) is 56.5 Å². The summed E-state index contributed by atoms with van der Waals surface area (Å²) >= 11 is 12.2. The molecule has 0 radical (unpaired) electrons. The van der Waals surface area contributed by atoms with Crippen molar-refractivity contribution in [3.63, 3.8) is 0 Å². The molecule has 4 rings (SSSR count). The van der Waals surface area contributed by atoms with Crippen molar-refractivity contribution in [1.82, 2.24) is 9.21 Å². The predicted molar refractivity (Wildman–Crippen MR) is 131 cm³/mol. The molecule has 2 heterocycles. The van der Waals surface area contributed by atoms with E-state index in [0.717, 1.165) is 0 Å². The first-order valence-corrected chi connectivity index (χ1v) is 13.5. The Balaban J connectivity index is 1.59. The molecule has 1 atom stereocenters. The van der Waals surface area contributed by atoms with Crippen LogP contribution >= 0.6 is 23.2 Å². The van der Waals surface area contributed by atoms with Gasteiger partial charge < -0.3 is 14.4 Å². The van der Waals surface area contributed by atoms with Gasteiger partial charge in [0.15, 0.2) is 0 Å². The predicted octanol–water partition coefficient (Wildman–Crippen LogP) is 4.09. The lowest BCUT2D eigenvalue weighted by atomic mass is 9.78. The Morgan fingerprint density at radius 3 is 2.50 bits per heavy atom. The summed E-state index contributed by atoms with van der Waals surface area (Å²) in [7, 11) is -3.88. The zero-order valence-corrected chi connectivity index (χ0v) is 21.1. The average molecular weight is 527 g/mol. The molecule has 2 aromatic rings. The third kappa shape index (κ3) is 5.86. The zero-order chi connectivity index (χ0) is 24.2. The number of amides is 1. The zero-order valence-electron chi connectivity index (χ0n) is 18.8. The first-order chi connectivity index (χ1) is 16.3. The Morgan fingerprint density at radius 1 is 1.06 bits per heavy atom. The highest BCUT2D eigenvalue weighted by Gasteiger charge is 2.43. The highest BCUT2D eigenvalue weighted by Crippen LogP contribution is 2.38. The van der Waals surface area contributed by atoms with Crippen molar-refractivity contribution in [3.05, 3.63) is 58.6 Å². The molecule has 1 amide bonds. The molecule has 184 valence electrons. The summed E-state index contributed by atoms with van der Waals surface area (Å²) in [6.07, 6.45) is 1.48. The molecule has 2 aromatic carbocycles. The number of halogens is 2. The number of sulfonamides is 1. The van der Waals surface area contributed by atoms with Crippen LogP contribution in [-0.2, 0) is 19.6 Å². The number of ether oxygens (including phenoxy) is 2. The smallest absolute Gasteiger partial charge is 0.244 e. The maximum atomic E-state index is 13.5. The molecule has 0 aromatic heterocycles. The van der Waals surface area contributed by atoms with Crippen LogP contribution in [-0.4, -0.2) is 69.5 Å². The van der Waals surface area contributed by atoms with Crippen LogP contribution < -0.4 is 4.74 Å². The molecule has 10 heteroatoms. The van der Waals surface area contributed by atoms with E-state index >= 15 is 0 Å².